The number of hydrogen-bond donors (Lipinski definition) is 3. The highest BCUT2D eigenvalue weighted by molar-refractivity contribution is 6.39. The van der Waals surface area contributed by atoms with Crippen LogP contribution < -0.4 is 16.0 Å². The maximum atomic E-state index is 11.8. The number of carbonyl (C=O) groups excluding carboxylic acids is 3. The van der Waals surface area contributed by atoms with Gasteiger partial charge in [0.2, 0.25) is 5.91 Å². The molecule has 6 nitrogen and oxygen atoms in total. The summed E-state index contributed by atoms with van der Waals surface area (Å²) in [5.74, 6) is -1.32. The lowest BCUT2D eigenvalue weighted by Gasteiger charge is -2.13. The fourth-order valence-corrected chi connectivity index (χ4v) is 1.65. The molecule has 0 saturated heterocycles. The molecule has 0 radical (unpaired) electrons. The summed E-state index contributed by atoms with van der Waals surface area (Å²) in [6.45, 7) is 7.49. The third-order valence-electron chi connectivity index (χ3n) is 2.77. The van der Waals surface area contributed by atoms with Crippen LogP contribution in [0.2, 0.25) is 0 Å². The van der Waals surface area contributed by atoms with E-state index in [9.17, 15) is 14.4 Å². The number of hydrogen-bond acceptors (Lipinski definition) is 3. The molecule has 1 aromatic rings. The first kappa shape index (κ1) is 16.7. The third-order valence-corrected chi connectivity index (χ3v) is 2.77. The molecular formula is C15H21N3O3. The Morgan fingerprint density at radius 2 is 1.62 bits per heavy atom. The Balaban J connectivity index is 2.76. The SMILES string of the molecule is CC(=O)Nc1cccc(NC(=O)C(=O)NCC(C)C)c1C. The molecule has 1 aromatic carbocycles. The van der Waals surface area contributed by atoms with Crippen LogP contribution in [0.5, 0.6) is 0 Å². The van der Waals surface area contributed by atoms with Crippen LogP contribution >= 0.6 is 0 Å². The Bertz CT molecular complexity index is 553. The van der Waals surface area contributed by atoms with Crippen molar-refractivity contribution in [3.05, 3.63) is 23.8 Å². The molecule has 0 aromatic heterocycles. The maximum Gasteiger partial charge on any atom is 0.313 e. The molecule has 0 spiro atoms. The molecule has 0 aliphatic rings. The van der Waals surface area contributed by atoms with Gasteiger partial charge in [0.15, 0.2) is 0 Å². The molecular weight excluding hydrogens is 270 g/mol. The molecule has 0 aliphatic heterocycles. The van der Waals surface area contributed by atoms with Crippen LogP contribution in [0.4, 0.5) is 11.4 Å². The molecule has 0 bridgehead atoms. The van der Waals surface area contributed by atoms with Gasteiger partial charge in [-0.3, -0.25) is 14.4 Å². The van der Waals surface area contributed by atoms with Crippen molar-refractivity contribution in [2.24, 2.45) is 5.92 Å². The Hall–Kier alpha value is -2.37. The van der Waals surface area contributed by atoms with E-state index in [0.29, 0.717) is 23.5 Å². The second-order valence-electron chi connectivity index (χ2n) is 5.22. The average molecular weight is 291 g/mol. The van der Waals surface area contributed by atoms with Gasteiger partial charge >= 0.3 is 11.8 Å². The monoisotopic (exact) mass is 291 g/mol. The van der Waals surface area contributed by atoms with Crippen molar-refractivity contribution in [2.45, 2.75) is 27.7 Å². The Kier molecular flexibility index (Phi) is 5.90. The van der Waals surface area contributed by atoms with E-state index >= 15 is 0 Å². The largest absolute Gasteiger partial charge is 0.348 e. The van der Waals surface area contributed by atoms with Gasteiger partial charge in [-0.1, -0.05) is 19.9 Å². The number of benzene rings is 1. The van der Waals surface area contributed by atoms with Gasteiger partial charge in [0.25, 0.3) is 0 Å². The quantitative estimate of drug-likeness (QED) is 0.737. The highest BCUT2D eigenvalue weighted by Gasteiger charge is 2.15. The first-order valence-corrected chi connectivity index (χ1v) is 6.77. The fraction of sp³-hybridized carbons (Fsp3) is 0.400. The van der Waals surface area contributed by atoms with Crippen LogP contribution in [0, 0.1) is 12.8 Å². The van der Waals surface area contributed by atoms with Gasteiger partial charge in [-0.25, -0.2) is 0 Å². The van der Waals surface area contributed by atoms with Crippen molar-refractivity contribution in [1.29, 1.82) is 0 Å². The van der Waals surface area contributed by atoms with Crippen molar-refractivity contribution < 1.29 is 14.4 Å². The number of anilines is 2. The molecule has 3 amide bonds. The molecule has 21 heavy (non-hydrogen) atoms. The zero-order valence-electron chi connectivity index (χ0n) is 12.7. The summed E-state index contributed by atoms with van der Waals surface area (Å²) in [7, 11) is 0. The highest BCUT2D eigenvalue weighted by Crippen LogP contribution is 2.23. The van der Waals surface area contributed by atoms with Crippen LogP contribution in [0.1, 0.15) is 26.3 Å². The van der Waals surface area contributed by atoms with E-state index in [1.807, 2.05) is 13.8 Å². The average Bonchev–Trinajstić information content (AvgIpc) is 2.39. The van der Waals surface area contributed by atoms with Crippen molar-refractivity contribution >= 4 is 29.1 Å². The molecule has 0 fully saturated rings. The second-order valence-corrected chi connectivity index (χ2v) is 5.22. The van der Waals surface area contributed by atoms with E-state index in [4.69, 9.17) is 0 Å². The minimum Gasteiger partial charge on any atom is -0.348 e. The zero-order valence-corrected chi connectivity index (χ0v) is 12.7. The van der Waals surface area contributed by atoms with Crippen LogP contribution in [0.25, 0.3) is 0 Å². The van der Waals surface area contributed by atoms with Gasteiger partial charge < -0.3 is 16.0 Å². The summed E-state index contributed by atoms with van der Waals surface area (Å²) < 4.78 is 0. The number of carbonyl (C=O) groups is 3. The molecule has 0 unspecified atom stereocenters. The Morgan fingerprint density at radius 1 is 1.05 bits per heavy atom. The molecule has 3 N–H and O–H groups in total. The molecule has 0 saturated carbocycles. The molecule has 6 heteroatoms. The molecule has 1 rings (SSSR count). The van der Waals surface area contributed by atoms with Crippen LogP contribution in [0.15, 0.2) is 18.2 Å². The van der Waals surface area contributed by atoms with Crippen LogP contribution in [-0.4, -0.2) is 24.3 Å². The first-order chi connectivity index (χ1) is 9.81. The van der Waals surface area contributed by atoms with Gasteiger partial charge in [0.05, 0.1) is 0 Å². The van der Waals surface area contributed by atoms with Gasteiger partial charge in [-0.2, -0.15) is 0 Å². The minimum atomic E-state index is -0.723. The molecule has 0 atom stereocenters. The lowest BCUT2D eigenvalue weighted by molar-refractivity contribution is -0.136. The predicted octanol–water partition coefficient (Wildman–Crippen LogP) is 1.66. The summed E-state index contributed by atoms with van der Waals surface area (Å²) in [6, 6.07) is 5.10. The summed E-state index contributed by atoms with van der Waals surface area (Å²) in [4.78, 5) is 34.5. The lowest BCUT2D eigenvalue weighted by atomic mass is 10.1. The highest BCUT2D eigenvalue weighted by atomic mass is 16.2. The van der Waals surface area contributed by atoms with Gasteiger partial charge in [-0.05, 0) is 30.5 Å². The van der Waals surface area contributed by atoms with Gasteiger partial charge in [0, 0.05) is 24.8 Å². The van der Waals surface area contributed by atoms with E-state index < -0.39 is 11.8 Å². The van der Waals surface area contributed by atoms with Crippen molar-refractivity contribution in [1.82, 2.24) is 5.32 Å². The summed E-state index contributed by atoms with van der Waals surface area (Å²) in [5.41, 5.74) is 1.78. The van der Waals surface area contributed by atoms with E-state index in [1.165, 1.54) is 6.92 Å². The topological polar surface area (TPSA) is 87.3 Å². The lowest BCUT2D eigenvalue weighted by Crippen LogP contribution is -2.37. The number of rotatable bonds is 4. The Morgan fingerprint density at radius 3 is 2.14 bits per heavy atom. The smallest absolute Gasteiger partial charge is 0.313 e. The summed E-state index contributed by atoms with van der Waals surface area (Å²) in [5, 5.41) is 7.76. The van der Waals surface area contributed by atoms with Crippen molar-refractivity contribution in [3.8, 4) is 0 Å². The molecule has 0 aliphatic carbocycles. The van der Waals surface area contributed by atoms with Crippen molar-refractivity contribution in [2.75, 3.05) is 17.2 Å². The summed E-state index contributed by atoms with van der Waals surface area (Å²) >= 11 is 0. The van der Waals surface area contributed by atoms with E-state index in [2.05, 4.69) is 16.0 Å². The number of nitrogens with one attached hydrogen (secondary N) is 3. The van der Waals surface area contributed by atoms with Gasteiger partial charge in [0.1, 0.15) is 0 Å². The van der Waals surface area contributed by atoms with E-state index in [1.54, 1.807) is 25.1 Å². The minimum absolute atomic E-state index is 0.198. The van der Waals surface area contributed by atoms with Crippen LogP contribution in [-0.2, 0) is 14.4 Å². The van der Waals surface area contributed by atoms with Gasteiger partial charge in [-0.15, -0.1) is 0 Å². The third kappa shape index (κ3) is 5.25. The predicted molar refractivity (Wildman–Crippen MR) is 82.0 cm³/mol. The summed E-state index contributed by atoms with van der Waals surface area (Å²) in [6.07, 6.45) is 0. The van der Waals surface area contributed by atoms with Crippen LogP contribution in [0.3, 0.4) is 0 Å². The fourth-order valence-electron chi connectivity index (χ4n) is 1.65. The van der Waals surface area contributed by atoms with E-state index in [-0.39, 0.29) is 11.8 Å². The Labute approximate surface area is 124 Å². The van der Waals surface area contributed by atoms with Crippen molar-refractivity contribution in [3.63, 3.8) is 0 Å². The number of amides is 3. The molecule has 114 valence electrons. The first-order valence-electron chi connectivity index (χ1n) is 6.77. The maximum absolute atomic E-state index is 11.8. The second kappa shape index (κ2) is 7.42. The molecule has 0 heterocycles. The zero-order chi connectivity index (χ0) is 16.0. The van der Waals surface area contributed by atoms with E-state index in [0.717, 1.165) is 0 Å². The normalized spacial score (nSPS) is 10.1. The standard InChI is InChI=1S/C15H21N3O3/c1-9(2)8-16-14(20)15(21)18-13-7-5-6-12(10(13)3)17-11(4)19/h5-7,9H,8H2,1-4H3,(H,16,20)(H,17,19)(H,18,21).